The zero-order valence-corrected chi connectivity index (χ0v) is 11.8. The first-order valence-electron chi connectivity index (χ1n) is 6.59. The van der Waals surface area contributed by atoms with Gasteiger partial charge in [-0.25, -0.2) is 4.98 Å². The number of imidazole rings is 1. The maximum atomic E-state index is 9.48. The smallest absolute Gasteiger partial charge is 0.203 e. The van der Waals surface area contributed by atoms with Gasteiger partial charge in [-0.15, -0.1) is 0 Å². The zero-order chi connectivity index (χ0) is 14.3. The van der Waals surface area contributed by atoms with E-state index in [1.165, 1.54) is 0 Å². The standard InChI is InChI=1S/C16H15N3O/c1-4-11-10(2)12(9-17)15-18-13-7-5-6-8-14(13)19(15)16(11)20-3/h5-8H,4H2,1-3H3. The SMILES string of the molecule is CCc1c(C)c(C#N)c2nc3ccccc3n2c1OC. The van der Waals surface area contributed by atoms with Gasteiger partial charge < -0.3 is 4.74 Å². The van der Waals surface area contributed by atoms with E-state index in [9.17, 15) is 5.26 Å². The van der Waals surface area contributed by atoms with Crippen molar-refractivity contribution in [2.24, 2.45) is 0 Å². The molecule has 0 amide bonds. The summed E-state index contributed by atoms with van der Waals surface area (Å²) in [5.74, 6) is 0.771. The third kappa shape index (κ3) is 1.50. The minimum Gasteiger partial charge on any atom is -0.482 e. The van der Waals surface area contributed by atoms with Gasteiger partial charge in [0.25, 0.3) is 0 Å². The van der Waals surface area contributed by atoms with Crippen molar-refractivity contribution in [2.45, 2.75) is 20.3 Å². The van der Waals surface area contributed by atoms with Crippen LogP contribution in [-0.4, -0.2) is 16.5 Å². The lowest BCUT2D eigenvalue weighted by molar-refractivity contribution is 0.388. The molecule has 2 heterocycles. The Kier molecular flexibility index (Phi) is 2.83. The maximum Gasteiger partial charge on any atom is 0.203 e. The summed E-state index contributed by atoms with van der Waals surface area (Å²) >= 11 is 0. The molecule has 0 saturated heterocycles. The maximum absolute atomic E-state index is 9.48. The van der Waals surface area contributed by atoms with E-state index >= 15 is 0 Å². The molecule has 3 rings (SSSR count). The Hall–Kier alpha value is -2.54. The fourth-order valence-corrected chi connectivity index (χ4v) is 2.78. The van der Waals surface area contributed by atoms with Crippen LogP contribution in [0.25, 0.3) is 16.7 Å². The molecule has 0 radical (unpaired) electrons. The van der Waals surface area contributed by atoms with E-state index in [4.69, 9.17) is 4.74 Å². The predicted molar refractivity (Wildman–Crippen MR) is 78.1 cm³/mol. The van der Waals surface area contributed by atoms with Gasteiger partial charge in [-0.2, -0.15) is 5.26 Å². The van der Waals surface area contributed by atoms with Crippen molar-refractivity contribution >= 4 is 16.7 Å². The number of rotatable bonds is 2. The van der Waals surface area contributed by atoms with Crippen molar-refractivity contribution in [1.29, 1.82) is 5.26 Å². The van der Waals surface area contributed by atoms with Crippen molar-refractivity contribution in [1.82, 2.24) is 9.38 Å². The summed E-state index contributed by atoms with van der Waals surface area (Å²) in [6.45, 7) is 4.02. The Morgan fingerprint density at radius 1 is 1.35 bits per heavy atom. The van der Waals surface area contributed by atoms with Crippen molar-refractivity contribution in [3.8, 4) is 11.9 Å². The summed E-state index contributed by atoms with van der Waals surface area (Å²) in [4.78, 5) is 4.59. The van der Waals surface area contributed by atoms with E-state index in [1.54, 1.807) is 7.11 Å². The first kappa shape index (κ1) is 12.5. The number of fused-ring (bicyclic) bond motifs is 3. The van der Waals surface area contributed by atoms with Crippen molar-refractivity contribution in [2.75, 3.05) is 7.11 Å². The largest absolute Gasteiger partial charge is 0.482 e. The molecule has 2 aromatic heterocycles. The third-order valence-corrected chi connectivity index (χ3v) is 3.73. The molecule has 0 unspecified atom stereocenters. The third-order valence-electron chi connectivity index (χ3n) is 3.73. The molecule has 4 nitrogen and oxygen atoms in total. The molecule has 1 aromatic carbocycles. The number of ether oxygens (including phenoxy) is 1. The molecule has 3 aromatic rings. The van der Waals surface area contributed by atoms with Gasteiger partial charge in [0.1, 0.15) is 6.07 Å². The molecule has 0 bridgehead atoms. The van der Waals surface area contributed by atoms with Crippen LogP contribution in [0.3, 0.4) is 0 Å². The Morgan fingerprint density at radius 3 is 2.75 bits per heavy atom. The highest BCUT2D eigenvalue weighted by molar-refractivity contribution is 5.84. The highest BCUT2D eigenvalue weighted by Gasteiger charge is 2.19. The van der Waals surface area contributed by atoms with Crippen LogP contribution < -0.4 is 4.74 Å². The van der Waals surface area contributed by atoms with E-state index in [0.717, 1.165) is 34.5 Å². The number of para-hydroxylation sites is 2. The van der Waals surface area contributed by atoms with E-state index in [2.05, 4.69) is 18.0 Å². The van der Waals surface area contributed by atoms with Gasteiger partial charge in [0.05, 0.1) is 23.7 Å². The number of aromatic nitrogens is 2. The molecule has 0 saturated carbocycles. The lowest BCUT2D eigenvalue weighted by Crippen LogP contribution is -2.04. The van der Waals surface area contributed by atoms with E-state index < -0.39 is 0 Å². The average molecular weight is 265 g/mol. The van der Waals surface area contributed by atoms with Crippen LogP contribution in [0.1, 0.15) is 23.6 Å². The number of benzene rings is 1. The summed E-state index contributed by atoms with van der Waals surface area (Å²) in [6.07, 6.45) is 0.812. The summed E-state index contributed by atoms with van der Waals surface area (Å²) in [5.41, 5.74) is 5.13. The second-order valence-corrected chi connectivity index (χ2v) is 4.71. The van der Waals surface area contributed by atoms with Gasteiger partial charge in [-0.3, -0.25) is 4.40 Å². The number of nitriles is 1. The van der Waals surface area contributed by atoms with E-state index in [-0.39, 0.29) is 0 Å². The summed E-state index contributed by atoms with van der Waals surface area (Å²) in [5, 5.41) is 9.48. The first-order valence-corrected chi connectivity index (χ1v) is 6.59. The summed E-state index contributed by atoms with van der Waals surface area (Å²) in [6, 6.07) is 10.1. The number of pyridine rings is 1. The van der Waals surface area contributed by atoms with Crippen LogP contribution in [-0.2, 0) is 6.42 Å². The molecular weight excluding hydrogens is 250 g/mol. The van der Waals surface area contributed by atoms with E-state index in [0.29, 0.717) is 11.2 Å². The molecule has 0 spiro atoms. The molecule has 0 aliphatic heterocycles. The number of hydrogen-bond acceptors (Lipinski definition) is 3. The van der Waals surface area contributed by atoms with Crippen LogP contribution in [0.15, 0.2) is 24.3 Å². The fourth-order valence-electron chi connectivity index (χ4n) is 2.78. The van der Waals surface area contributed by atoms with E-state index in [1.807, 2.05) is 35.6 Å². The Morgan fingerprint density at radius 2 is 2.10 bits per heavy atom. The Labute approximate surface area is 117 Å². The number of hydrogen-bond donors (Lipinski definition) is 0. The molecule has 100 valence electrons. The minimum absolute atomic E-state index is 0.624. The Bertz CT molecular complexity index is 856. The molecule has 4 heteroatoms. The van der Waals surface area contributed by atoms with Crippen LogP contribution >= 0.6 is 0 Å². The predicted octanol–water partition coefficient (Wildman–Crippen LogP) is 3.24. The highest BCUT2D eigenvalue weighted by atomic mass is 16.5. The molecule has 0 fully saturated rings. The molecule has 0 N–H and O–H groups in total. The molecular formula is C16H15N3O. The summed E-state index contributed by atoms with van der Waals surface area (Å²) < 4.78 is 7.55. The molecule has 0 aliphatic carbocycles. The quantitative estimate of drug-likeness (QED) is 0.714. The van der Waals surface area contributed by atoms with Gasteiger partial charge in [0.15, 0.2) is 5.65 Å². The van der Waals surface area contributed by atoms with Gasteiger partial charge in [-0.1, -0.05) is 19.1 Å². The molecule has 0 aliphatic rings. The highest BCUT2D eigenvalue weighted by Crippen LogP contribution is 2.32. The van der Waals surface area contributed by atoms with Gasteiger partial charge in [0.2, 0.25) is 5.88 Å². The zero-order valence-electron chi connectivity index (χ0n) is 11.8. The molecule has 20 heavy (non-hydrogen) atoms. The van der Waals surface area contributed by atoms with Crippen molar-refractivity contribution in [3.63, 3.8) is 0 Å². The monoisotopic (exact) mass is 265 g/mol. The lowest BCUT2D eigenvalue weighted by Gasteiger charge is -2.14. The minimum atomic E-state index is 0.624. The van der Waals surface area contributed by atoms with Gasteiger partial charge in [0, 0.05) is 5.56 Å². The summed E-state index contributed by atoms with van der Waals surface area (Å²) in [7, 11) is 1.66. The number of nitrogens with zero attached hydrogens (tertiary/aromatic N) is 3. The average Bonchev–Trinajstić information content (AvgIpc) is 2.84. The van der Waals surface area contributed by atoms with Crippen molar-refractivity contribution in [3.05, 3.63) is 41.0 Å². The van der Waals surface area contributed by atoms with Crippen LogP contribution in [0.5, 0.6) is 5.88 Å². The Balaban J connectivity index is 2.64. The second kappa shape index (κ2) is 4.53. The van der Waals surface area contributed by atoms with Gasteiger partial charge >= 0.3 is 0 Å². The lowest BCUT2D eigenvalue weighted by atomic mass is 10.0. The second-order valence-electron chi connectivity index (χ2n) is 4.71. The van der Waals surface area contributed by atoms with Gasteiger partial charge in [-0.05, 0) is 31.0 Å². The van der Waals surface area contributed by atoms with Crippen LogP contribution in [0.2, 0.25) is 0 Å². The molecule has 0 atom stereocenters. The fraction of sp³-hybridized carbons (Fsp3) is 0.250. The number of methoxy groups -OCH3 is 1. The first-order chi connectivity index (χ1) is 9.72. The normalized spacial score (nSPS) is 10.9. The topological polar surface area (TPSA) is 50.3 Å². The van der Waals surface area contributed by atoms with Crippen LogP contribution in [0, 0.1) is 18.3 Å². The van der Waals surface area contributed by atoms with Crippen LogP contribution in [0.4, 0.5) is 0 Å². The van der Waals surface area contributed by atoms with Crippen molar-refractivity contribution < 1.29 is 4.74 Å².